The summed E-state index contributed by atoms with van der Waals surface area (Å²) in [4.78, 5) is 7.38. The van der Waals surface area contributed by atoms with Crippen molar-refractivity contribution in [3.05, 3.63) is 29.3 Å². The standard InChI is InChI=1S/C17H25N3S/c1-13(2)10-18-11-14-6-5-9-20(14)12-17-19-15-7-3-4-8-16(15)21-17/h3-4,7-8,13-14,18H,5-6,9-12H2,1-2H3. The van der Waals surface area contributed by atoms with Crippen molar-refractivity contribution in [2.24, 2.45) is 5.92 Å². The molecule has 1 unspecified atom stereocenters. The molecule has 1 aromatic heterocycles. The van der Waals surface area contributed by atoms with E-state index in [9.17, 15) is 0 Å². The van der Waals surface area contributed by atoms with Crippen molar-refractivity contribution in [2.75, 3.05) is 19.6 Å². The Morgan fingerprint density at radius 3 is 3.05 bits per heavy atom. The Balaban J connectivity index is 1.60. The lowest BCUT2D eigenvalue weighted by atomic mass is 10.2. The lowest BCUT2D eigenvalue weighted by molar-refractivity contribution is 0.237. The molecule has 1 fully saturated rings. The van der Waals surface area contributed by atoms with Gasteiger partial charge in [-0.15, -0.1) is 11.3 Å². The molecule has 1 atom stereocenters. The van der Waals surface area contributed by atoms with Gasteiger partial charge in [0.1, 0.15) is 5.01 Å². The van der Waals surface area contributed by atoms with Crippen LogP contribution in [-0.2, 0) is 6.54 Å². The third-order valence-electron chi connectivity index (χ3n) is 4.11. The fraction of sp³-hybridized carbons (Fsp3) is 0.588. The molecule has 1 aliphatic heterocycles. The van der Waals surface area contributed by atoms with E-state index in [0.29, 0.717) is 6.04 Å². The zero-order valence-corrected chi connectivity index (χ0v) is 13.8. The third kappa shape index (κ3) is 3.82. The number of fused-ring (bicyclic) bond motifs is 1. The summed E-state index contributed by atoms with van der Waals surface area (Å²) >= 11 is 1.84. The van der Waals surface area contributed by atoms with Gasteiger partial charge >= 0.3 is 0 Å². The molecule has 0 saturated carbocycles. The minimum absolute atomic E-state index is 0.677. The summed E-state index contributed by atoms with van der Waals surface area (Å²) in [5.74, 6) is 0.726. The van der Waals surface area contributed by atoms with Crippen molar-refractivity contribution in [3.8, 4) is 0 Å². The lowest BCUT2D eigenvalue weighted by Crippen LogP contribution is -2.38. The molecule has 0 bridgehead atoms. The Morgan fingerprint density at radius 2 is 2.24 bits per heavy atom. The van der Waals surface area contributed by atoms with Crippen LogP contribution in [0.2, 0.25) is 0 Å². The van der Waals surface area contributed by atoms with Gasteiger partial charge in [0.15, 0.2) is 0 Å². The second-order valence-corrected chi connectivity index (χ2v) is 7.51. The van der Waals surface area contributed by atoms with Crippen molar-refractivity contribution in [3.63, 3.8) is 0 Å². The number of likely N-dealkylation sites (tertiary alicyclic amines) is 1. The smallest absolute Gasteiger partial charge is 0.108 e. The number of benzene rings is 1. The molecule has 1 aliphatic rings. The summed E-state index contributed by atoms with van der Waals surface area (Å²) in [7, 11) is 0. The van der Waals surface area contributed by atoms with E-state index >= 15 is 0 Å². The zero-order valence-electron chi connectivity index (χ0n) is 13.0. The first-order valence-corrected chi connectivity index (χ1v) is 8.83. The van der Waals surface area contributed by atoms with Gasteiger partial charge in [0, 0.05) is 12.6 Å². The van der Waals surface area contributed by atoms with Crippen LogP contribution in [-0.4, -0.2) is 35.6 Å². The second kappa shape index (κ2) is 6.86. The van der Waals surface area contributed by atoms with Crippen LogP contribution < -0.4 is 5.32 Å². The Morgan fingerprint density at radius 1 is 1.38 bits per heavy atom. The number of nitrogens with zero attached hydrogens (tertiary/aromatic N) is 2. The predicted molar refractivity (Wildman–Crippen MR) is 90.8 cm³/mol. The lowest BCUT2D eigenvalue weighted by Gasteiger charge is -2.24. The number of thiazole rings is 1. The van der Waals surface area contributed by atoms with Crippen molar-refractivity contribution in [1.82, 2.24) is 15.2 Å². The average molecular weight is 303 g/mol. The molecule has 0 spiro atoms. The largest absolute Gasteiger partial charge is 0.315 e. The number of aromatic nitrogens is 1. The Hall–Kier alpha value is -0.970. The van der Waals surface area contributed by atoms with Gasteiger partial charge in [-0.05, 0) is 44.0 Å². The molecule has 2 heterocycles. The van der Waals surface area contributed by atoms with Crippen molar-refractivity contribution >= 4 is 21.6 Å². The van der Waals surface area contributed by atoms with E-state index in [-0.39, 0.29) is 0 Å². The van der Waals surface area contributed by atoms with Crippen LogP contribution >= 0.6 is 11.3 Å². The Labute approximate surface area is 131 Å². The molecule has 4 heteroatoms. The first-order chi connectivity index (χ1) is 10.2. The number of hydrogen-bond acceptors (Lipinski definition) is 4. The zero-order chi connectivity index (χ0) is 14.7. The molecular formula is C17H25N3S. The van der Waals surface area contributed by atoms with E-state index in [2.05, 4.69) is 48.3 Å². The third-order valence-corrected chi connectivity index (χ3v) is 5.13. The van der Waals surface area contributed by atoms with Gasteiger partial charge in [0.2, 0.25) is 0 Å². The van der Waals surface area contributed by atoms with Crippen molar-refractivity contribution in [1.29, 1.82) is 0 Å². The molecule has 0 radical (unpaired) electrons. The molecule has 3 rings (SSSR count). The van der Waals surface area contributed by atoms with Crippen LogP contribution in [0.15, 0.2) is 24.3 Å². The molecule has 114 valence electrons. The highest BCUT2D eigenvalue weighted by Crippen LogP contribution is 2.25. The maximum absolute atomic E-state index is 4.78. The van der Waals surface area contributed by atoms with Crippen molar-refractivity contribution < 1.29 is 0 Å². The SMILES string of the molecule is CC(C)CNCC1CCCN1Cc1nc2ccccc2s1. The molecule has 21 heavy (non-hydrogen) atoms. The second-order valence-electron chi connectivity index (χ2n) is 6.39. The van der Waals surface area contributed by atoms with E-state index in [0.717, 1.165) is 31.1 Å². The Bertz CT molecular complexity index is 545. The number of hydrogen-bond donors (Lipinski definition) is 1. The van der Waals surface area contributed by atoms with E-state index < -0.39 is 0 Å². The highest BCUT2D eigenvalue weighted by molar-refractivity contribution is 7.18. The van der Waals surface area contributed by atoms with Crippen LogP contribution in [0.5, 0.6) is 0 Å². The van der Waals surface area contributed by atoms with E-state index in [4.69, 9.17) is 4.98 Å². The normalized spacial score (nSPS) is 19.9. The summed E-state index contributed by atoms with van der Waals surface area (Å²) in [5, 5.41) is 4.87. The van der Waals surface area contributed by atoms with Gasteiger partial charge in [-0.3, -0.25) is 4.90 Å². The Kier molecular flexibility index (Phi) is 4.88. The van der Waals surface area contributed by atoms with E-state index in [1.807, 2.05) is 11.3 Å². The van der Waals surface area contributed by atoms with Gasteiger partial charge in [0.25, 0.3) is 0 Å². The topological polar surface area (TPSA) is 28.2 Å². The molecule has 1 saturated heterocycles. The van der Waals surface area contributed by atoms with Gasteiger partial charge in [-0.25, -0.2) is 4.98 Å². The number of nitrogens with one attached hydrogen (secondary N) is 1. The average Bonchev–Trinajstić information content (AvgIpc) is 3.05. The highest BCUT2D eigenvalue weighted by atomic mass is 32.1. The first kappa shape index (κ1) is 14.9. The highest BCUT2D eigenvalue weighted by Gasteiger charge is 2.25. The quantitative estimate of drug-likeness (QED) is 0.885. The summed E-state index contributed by atoms with van der Waals surface area (Å²) in [6.07, 6.45) is 2.63. The molecule has 1 aromatic carbocycles. The van der Waals surface area contributed by atoms with E-state index in [1.165, 1.54) is 29.1 Å². The fourth-order valence-electron chi connectivity index (χ4n) is 3.03. The summed E-state index contributed by atoms with van der Waals surface area (Å²) in [6.45, 7) is 8.98. The van der Waals surface area contributed by atoms with Gasteiger partial charge < -0.3 is 5.32 Å². The van der Waals surface area contributed by atoms with Crippen LogP contribution in [0.3, 0.4) is 0 Å². The monoisotopic (exact) mass is 303 g/mol. The molecular weight excluding hydrogens is 278 g/mol. The van der Waals surface area contributed by atoms with E-state index in [1.54, 1.807) is 0 Å². The van der Waals surface area contributed by atoms with Crippen LogP contribution in [0.4, 0.5) is 0 Å². The van der Waals surface area contributed by atoms with Crippen LogP contribution in [0.1, 0.15) is 31.7 Å². The molecule has 0 aliphatic carbocycles. The fourth-order valence-corrected chi connectivity index (χ4v) is 4.03. The summed E-state index contributed by atoms with van der Waals surface area (Å²) in [6, 6.07) is 9.12. The predicted octanol–water partition coefficient (Wildman–Crippen LogP) is 3.51. The van der Waals surface area contributed by atoms with Gasteiger partial charge in [0.05, 0.1) is 16.8 Å². The van der Waals surface area contributed by atoms with Gasteiger partial charge in [-0.1, -0.05) is 26.0 Å². The molecule has 2 aromatic rings. The minimum atomic E-state index is 0.677. The minimum Gasteiger partial charge on any atom is -0.315 e. The maximum atomic E-state index is 4.78. The van der Waals surface area contributed by atoms with Crippen LogP contribution in [0.25, 0.3) is 10.2 Å². The molecule has 3 nitrogen and oxygen atoms in total. The van der Waals surface area contributed by atoms with Crippen LogP contribution in [0, 0.1) is 5.92 Å². The molecule has 1 N–H and O–H groups in total. The first-order valence-electron chi connectivity index (χ1n) is 8.01. The number of rotatable bonds is 6. The summed E-state index contributed by atoms with van der Waals surface area (Å²) < 4.78 is 1.31. The summed E-state index contributed by atoms with van der Waals surface area (Å²) in [5.41, 5.74) is 1.14. The number of para-hydroxylation sites is 1. The maximum Gasteiger partial charge on any atom is 0.108 e. The van der Waals surface area contributed by atoms with Crippen molar-refractivity contribution in [2.45, 2.75) is 39.3 Å². The molecule has 0 amide bonds. The van der Waals surface area contributed by atoms with Gasteiger partial charge in [-0.2, -0.15) is 0 Å².